The summed E-state index contributed by atoms with van der Waals surface area (Å²) in [5.41, 5.74) is 1.05. The minimum absolute atomic E-state index is 0.0711. The summed E-state index contributed by atoms with van der Waals surface area (Å²) in [4.78, 5) is 14.1. The van der Waals surface area contributed by atoms with E-state index in [0.717, 1.165) is 11.3 Å². The Hall–Kier alpha value is -1.07. The van der Waals surface area contributed by atoms with Crippen LogP contribution in [-0.4, -0.2) is 40.0 Å². The van der Waals surface area contributed by atoms with Gasteiger partial charge in [-0.3, -0.25) is 4.79 Å². The lowest BCUT2D eigenvalue weighted by Gasteiger charge is -2.30. The van der Waals surface area contributed by atoms with Crippen LogP contribution in [0.1, 0.15) is 12.0 Å². The molecular weight excluding hydrogens is 310 g/mol. The molecule has 2 fully saturated rings. The van der Waals surface area contributed by atoms with Crippen LogP contribution in [0.2, 0.25) is 0 Å². The van der Waals surface area contributed by atoms with Crippen molar-refractivity contribution in [1.29, 1.82) is 0 Å². The summed E-state index contributed by atoms with van der Waals surface area (Å²) in [7, 11) is 1.63. The number of amides is 1. The Kier molecular flexibility index (Phi) is 3.27. The Morgan fingerprint density at radius 1 is 1.42 bits per heavy atom. The third-order valence-corrected chi connectivity index (χ3v) is 5.25. The number of nitrogens with zero attached hydrogens (tertiary/aromatic N) is 1. The molecule has 2 bridgehead atoms. The van der Waals surface area contributed by atoms with Crippen molar-refractivity contribution in [2.24, 2.45) is 5.92 Å². The average molecular weight is 326 g/mol. The van der Waals surface area contributed by atoms with Crippen LogP contribution >= 0.6 is 15.9 Å². The Morgan fingerprint density at radius 3 is 2.68 bits per heavy atom. The van der Waals surface area contributed by atoms with Gasteiger partial charge < -0.3 is 14.7 Å². The molecular formula is C14H16BrNO3. The molecule has 0 spiro atoms. The van der Waals surface area contributed by atoms with Crippen LogP contribution in [-0.2, 0) is 11.3 Å². The van der Waals surface area contributed by atoms with E-state index in [1.807, 2.05) is 24.3 Å². The van der Waals surface area contributed by atoms with E-state index in [1.54, 1.807) is 12.0 Å². The molecule has 5 heteroatoms. The molecule has 1 amide bonds. The quantitative estimate of drug-likeness (QED) is 0.858. The minimum atomic E-state index is -0.412. The van der Waals surface area contributed by atoms with E-state index in [4.69, 9.17) is 4.74 Å². The highest BCUT2D eigenvalue weighted by Gasteiger charge is 2.56. The first kappa shape index (κ1) is 12.9. The lowest BCUT2D eigenvalue weighted by Crippen LogP contribution is -2.44. The van der Waals surface area contributed by atoms with Crippen LogP contribution in [0.15, 0.2) is 24.3 Å². The number of fused-ring (bicyclic) bond motifs is 2. The Bertz CT molecular complexity index is 490. The van der Waals surface area contributed by atoms with E-state index in [9.17, 15) is 9.90 Å². The zero-order chi connectivity index (χ0) is 13.6. The highest BCUT2D eigenvalue weighted by molar-refractivity contribution is 9.09. The van der Waals surface area contributed by atoms with Crippen molar-refractivity contribution in [3.63, 3.8) is 0 Å². The molecule has 3 rings (SSSR count). The van der Waals surface area contributed by atoms with Crippen molar-refractivity contribution in [2.75, 3.05) is 7.11 Å². The van der Waals surface area contributed by atoms with Gasteiger partial charge in [0.05, 0.1) is 25.2 Å². The number of benzene rings is 1. The number of aliphatic hydroxyl groups excluding tert-OH is 1. The fourth-order valence-electron chi connectivity index (χ4n) is 3.07. The summed E-state index contributed by atoms with van der Waals surface area (Å²) >= 11 is 3.55. The lowest BCUT2D eigenvalue weighted by atomic mass is 10.1. The standard InChI is InChI=1S/C14H16BrNO3/c1-19-9-4-2-8(3-5-9)7-16-13-11(17)6-10(12(13)15)14(16)18/h2-5,10-13,17H,6-7H2,1H3/t10-,11?,12+,13+/m0/s1. The molecule has 1 aliphatic heterocycles. The summed E-state index contributed by atoms with van der Waals surface area (Å²) < 4.78 is 5.12. The summed E-state index contributed by atoms with van der Waals surface area (Å²) in [6.45, 7) is 0.545. The number of hydrogen-bond acceptors (Lipinski definition) is 3. The Morgan fingerprint density at radius 2 is 2.11 bits per heavy atom. The van der Waals surface area contributed by atoms with E-state index in [-0.39, 0.29) is 22.7 Å². The number of halogens is 1. The second-order valence-electron chi connectivity index (χ2n) is 5.16. The third-order valence-electron chi connectivity index (χ3n) is 4.07. The average Bonchev–Trinajstić information content (AvgIpc) is 2.82. The fourth-order valence-corrected chi connectivity index (χ4v) is 4.15. The number of aliphatic hydroxyl groups is 1. The van der Waals surface area contributed by atoms with Gasteiger partial charge in [0.15, 0.2) is 0 Å². The van der Waals surface area contributed by atoms with E-state index >= 15 is 0 Å². The van der Waals surface area contributed by atoms with Crippen LogP contribution in [0.3, 0.4) is 0 Å². The van der Waals surface area contributed by atoms with Gasteiger partial charge in [-0.05, 0) is 24.1 Å². The predicted molar refractivity (Wildman–Crippen MR) is 74.2 cm³/mol. The van der Waals surface area contributed by atoms with Gasteiger partial charge in [-0.15, -0.1) is 0 Å². The maximum absolute atomic E-state index is 12.2. The summed E-state index contributed by atoms with van der Waals surface area (Å²) in [6, 6.07) is 7.58. The first-order valence-electron chi connectivity index (χ1n) is 6.37. The molecule has 102 valence electrons. The van der Waals surface area contributed by atoms with E-state index in [2.05, 4.69) is 15.9 Å². The number of hydrogen-bond donors (Lipinski definition) is 1. The zero-order valence-corrected chi connectivity index (χ0v) is 12.2. The second kappa shape index (κ2) is 4.80. The van der Waals surface area contributed by atoms with Crippen molar-refractivity contribution in [3.8, 4) is 5.75 Å². The van der Waals surface area contributed by atoms with Gasteiger partial charge in [-0.1, -0.05) is 28.1 Å². The molecule has 1 saturated carbocycles. The molecule has 2 aliphatic rings. The molecule has 1 N–H and O–H groups in total. The molecule has 19 heavy (non-hydrogen) atoms. The second-order valence-corrected chi connectivity index (χ2v) is 6.22. The molecule has 0 radical (unpaired) electrons. The highest BCUT2D eigenvalue weighted by atomic mass is 79.9. The van der Waals surface area contributed by atoms with Gasteiger partial charge in [0.2, 0.25) is 5.91 Å². The van der Waals surface area contributed by atoms with Crippen molar-refractivity contribution >= 4 is 21.8 Å². The maximum Gasteiger partial charge on any atom is 0.227 e. The van der Waals surface area contributed by atoms with E-state index in [0.29, 0.717) is 13.0 Å². The molecule has 1 unspecified atom stereocenters. The topological polar surface area (TPSA) is 49.8 Å². The smallest absolute Gasteiger partial charge is 0.227 e. The van der Waals surface area contributed by atoms with Crippen LogP contribution in [0.4, 0.5) is 0 Å². The van der Waals surface area contributed by atoms with Gasteiger partial charge in [0, 0.05) is 11.4 Å². The number of carbonyl (C=O) groups excluding carboxylic acids is 1. The first-order chi connectivity index (χ1) is 9.11. The number of piperidine rings is 1. The number of carbonyl (C=O) groups is 1. The molecule has 0 aromatic heterocycles. The molecule has 1 saturated heterocycles. The summed E-state index contributed by atoms with van der Waals surface area (Å²) in [5, 5.41) is 9.99. The minimum Gasteiger partial charge on any atom is -0.497 e. The maximum atomic E-state index is 12.2. The normalized spacial score (nSPS) is 33.0. The van der Waals surface area contributed by atoms with Crippen LogP contribution in [0.25, 0.3) is 0 Å². The first-order valence-corrected chi connectivity index (χ1v) is 7.29. The highest BCUT2D eigenvalue weighted by Crippen LogP contribution is 2.44. The van der Waals surface area contributed by atoms with Crippen LogP contribution in [0, 0.1) is 5.92 Å². The number of rotatable bonds is 3. The SMILES string of the molecule is COc1ccc(CN2C(=O)[C@H]3CC(O)[C@@H]2[C@@H]3Br)cc1. The molecule has 4 atom stereocenters. The third kappa shape index (κ3) is 2.05. The molecule has 1 aliphatic carbocycles. The fraction of sp³-hybridized carbons (Fsp3) is 0.500. The van der Waals surface area contributed by atoms with Gasteiger partial charge in [-0.25, -0.2) is 0 Å². The lowest BCUT2D eigenvalue weighted by molar-refractivity contribution is -0.138. The van der Waals surface area contributed by atoms with Gasteiger partial charge in [-0.2, -0.15) is 0 Å². The van der Waals surface area contributed by atoms with Gasteiger partial charge in [0.1, 0.15) is 5.75 Å². The summed E-state index contributed by atoms with van der Waals surface area (Å²) in [6.07, 6.45) is 0.170. The molecule has 4 nitrogen and oxygen atoms in total. The molecule has 1 aromatic rings. The number of alkyl halides is 1. The summed E-state index contributed by atoms with van der Waals surface area (Å²) in [5.74, 6) is 0.877. The van der Waals surface area contributed by atoms with Gasteiger partial charge >= 0.3 is 0 Å². The van der Waals surface area contributed by atoms with Crippen LogP contribution < -0.4 is 4.74 Å². The van der Waals surface area contributed by atoms with Gasteiger partial charge in [0.25, 0.3) is 0 Å². The van der Waals surface area contributed by atoms with E-state index < -0.39 is 6.10 Å². The number of likely N-dealkylation sites (tertiary alicyclic amines) is 1. The Balaban J connectivity index is 1.77. The monoisotopic (exact) mass is 325 g/mol. The Labute approximate surface area is 120 Å². The molecule has 1 aromatic carbocycles. The van der Waals surface area contributed by atoms with E-state index in [1.165, 1.54) is 0 Å². The van der Waals surface area contributed by atoms with Crippen molar-refractivity contribution in [1.82, 2.24) is 4.90 Å². The van der Waals surface area contributed by atoms with Crippen molar-refractivity contribution < 1.29 is 14.6 Å². The van der Waals surface area contributed by atoms with Crippen LogP contribution in [0.5, 0.6) is 5.75 Å². The molecule has 1 heterocycles. The largest absolute Gasteiger partial charge is 0.497 e. The predicted octanol–water partition coefficient (Wildman–Crippen LogP) is 1.55. The van der Waals surface area contributed by atoms with Crippen molar-refractivity contribution in [2.45, 2.75) is 29.9 Å². The number of ether oxygens (including phenoxy) is 1. The zero-order valence-electron chi connectivity index (χ0n) is 10.6. The number of methoxy groups -OCH3 is 1. The van der Waals surface area contributed by atoms with Crippen molar-refractivity contribution in [3.05, 3.63) is 29.8 Å².